The molecule has 16 heavy (non-hydrogen) atoms. The second kappa shape index (κ2) is 6.89. The lowest BCUT2D eigenvalue weighted by atomic mass is 10.0. The van der Waals surface area contributed by atoms with Crippen LogP contribution in [0.5, 0.6) is 0 Å². The highest BCUT2D eigenvalue weighted by atomic mass is 16.3. The van der Waals surface area contributed by atoms with Crippen molar-refractivity contribution in [3.05, 3.63) is 6.33 Å². The topological polar surface area (TPSA) is 92.9 Å². The van der Waals surface area contributed by atoms with Gasteiger partial charge in [-0.25, -0.2) is 4.68 Å². The standard InChI is InChI=1S/C9H17N5O2/c1-2-8(3-4-15)5-10-9(16)6-14-7-11-12-13-14/h7-8,15H,2-6H2,1H3,(H,10,16). The quantitative estimate of drug-likeness (QED) is 0.636. The third kappa shape index (κ3) is 4.35. The molecule has 1 atom stereocenters. The number of tetrazole rings is 1. The zero-order valence-electron chi connectivity index (χ0n) is 9.33. The zero-order chi connectivity index (χ0) is 11.8. The molecule has 0 aliphatic carbocycles. The number of aromatic nitrogens is 4. The third-order valence-corrected chi connectivity index (χ3v) is 2.40. The Morgan fingerprint density at radius 1 is 1.62 bits per heavy atom. The second-order valence-corrected chi connectivity index (χ2v) is 3.60. The van der Waals surface area contributed by atoms with E-state index < -0.39 is 0 Å². The summed E-state index contributed by atoms with van der Waals surface area (Å²) >= 11 is 0. The van der Waals surface area contributed by atoms with Crippen LogP contribution in [0.4, 0.5) is 0 Å². The van der Waals surface area contributed by atoms with Gasteiger partial charge in [-0.2, -0.15) is 0 Å². The molecule has 0 bridgehead atoms. The number of amides is 1. The van der Waals surface area contributed by atoms with Crippen molar-refractivity contribution >= 4 is 5.91 Å². The van der Waals surface area contributed by atoms with Gasteiger partial charge in [-0.15, -0.1) is 5.10 Å². The van der Waals surface area contributed by atoms with Gasteiger partial charge >= 0.3 is 0 Å². The van der Waals surface area contributed by atoms with E-state index in [2.05, 4.69) is 20.8 Å². The molecule has 0 saturated heterocycles. The van der Waals surface area contributed by atoms with E-state index in [4.69, 9.17) is 5.11 Å². The molecule has 0 radical (unpaired) electrons. The van der Waals surface area contributed by atoms with Gasteiger partial charge in [-0.1, -0.05) is 13.3 Å². The van der Waals surface area contributed by atoms with Crippen molar-refractivity contribution in [3.8, 4) is 0 Å². The van der Waals surface area contributed by atoms with Crippen LogP contribution in [0.15, 0.2) is 6.33 Å². The van der Waals surface area contributed by atoms with Crippen LogP contribution < -0.4 is 5.32 Å². The number of nitrogens with one attached hydrogen (secondary N) is 1. The van der Waals surface area contributed by atoms with Gasteiger partial charge < -0.3 is 10.4 Å². The smallest absolute Gasteiger partial charge is 0.241 e. The number of aliphatic hydroxyl groups excluding tert-OH is 1. The minimum atomic E-state index is -0.122. The molecule has 0 fully saturated rings. The minimum Gasteiger partial charge on any atom is -0.396 e. The van der Waals surface area contributed by atoms with Gasteiger partial charge in [-0.05, 0) is 22.8 Å². The van der Waals surface area contributed by atoms with Crippen LogP contribution in [0.1, 0.15) is 19.8 Å². The summed E-state index contributed by atoms with van der Waals surface area (Å²) < 4.78 is 1.36. The number of rotatable bonds is 7. The highest BCUT2D eigenvalue weighted by Gasteiger charge is 2.08. The molecule has 1 aromatic rings. The molecule has 0 saturated carbocycles. The van der Waals surface area contributed by atoms with Gasteiger partial charge in [0.2, 0.25) is 5.91 Å². The van der Waals surface area contributed by atoms with Gasteiger partial charge in [0.25, 0.3) is 0 Å². The maximum atomic E-state index is 11.4. The molecule has 0 aliphatic heterocycles. The average Bonchev–Trinajstić information content (AvgIpc) is 2.76. The zero-order valence-corrected chi connectivity index (χ0v) is 9.33. The minimum absolute atomic E-state index is 0.122. The maximum Gasteiger partial charge on any atom is 0.241 e. The van der Waals surface area contributed by atoms with Crippen molar-refractivity contribution in [1.82, 2.24) is 25.5 Å². The monoisotopic (exact) mass is 227 g/mol. The summed E-state index contributed by atoms with van der Waals surface area (Å²) in [5, 5.41) is 22.1. The number of nitrogens with zero attached hydrogens (tertiary/aromatic N) is 4. The first kappa shape index (κ1) is 12.6. The summed E-state index contributed by atoms with van der Waals surface area (Å²) in [5.74, 6) is 0.200. The Morgan fingerprint density at radius 3 is 3.00 bits per heavy atom. The van der Waals surface area contributed by atoms with Crippen molar-refractivity contribution in [3.63, 3.8) is 0 Å². The first-order valence-corrected chi connectivity index (χ1v) is 5.34. The highest BCUT2D eigenvalue weighted by molar-refractivity contribution is 5.75. The summed E-state index contributed by atoms with van der Waals surface area (Å²) in [5.41, 5.74) is 0. The molecular formula is C9H17N5O2. The lowest BCUT2D eigenvalue weighted by molar-refractivity contribution is -0.122. The van der Waals surface area contributed by atoms with Crippen molar-refractivity contribution in [1.29, 1.82) is 0 Å². The van der Waals surface area contributed by atoms with Crippen LogP contribution in [0.3, 0.4) is 0 Å². The van der Waals surface area contributed by atoms with Crippen LogP contribution in [-0.2, 0) is 11.3 Å². The Kier molecular flexibility index (Phi) is 5.41. The van der Waals surface area contributed by atoms with E-state index in [1.165, 1.54) is 11.0 Å². The van der Waals surface area contributed by atoms with E-state index >= 15 is 0 Å². The van der Waals surface area contributed by atoms with E-state index in [1.54, 1.807) is 0 Å². The van der Waals surface area contributed by atoms with Gasteiger partial charge in [0, 0.05) is 13.2 Å². The predicted molar refractivity (Wildman–Crippen MR) is 56.3 cm³/mol. The van der Waals surface area contributed by atoms with E-state index in [1.807, 2.05) is 6.92 Å². The van der Waals surface area contributed by atoms with Gasteiger partial charge in [0.15, 0.2) is 0 Å². The third-order valence-electron chi connectivity index (χ3n) is 2.40. The van der Waals surface area contributed by atoms with Crippen LogP contribution in [-0.4, -0.2) is 44.4 Å². The number of aliphatic hydroxyl groups is 1. The lowest BCUT2D eigenvalue weighted by Crippen LogP contribution is -2.32. The fraction of sp³-hybridized carbons (Fsp3) is 0.778. The first-order chi connectivity index (χ1) is 7.76. The van der Waals surface area contributed by atoms with Crippen LogP contribution in [0, 0.1) is 5.92 Å². The van der Waals surface area contributed by atoms with Crippen LogP contribution >= 0.6 is 0 Å². The Balaban J connectivity index is 2.24. The van der Waals surface area contributed by atoms with Crippen molar-refractivity contribution < 1.29 is 9.90 Å². The molecule has 2 N–H and O–H groups in total. The molecule has 90 valence electrons. The Morgan fingerprint density at radius 2 is 2.44 bits per heavy atom. The number of hydrogen-bond acceptors (Lipinski definition) is 5. The first-order valence-electron chi connectivity index (χ1n) is 5.34. The molecule has 7 heteroatoms. The molecule has 0 aromatic carbocycles. The average molecular weight is 227 g/mol. The van der Waals surface area contributed by atoms with Crippen LogP contribution in [0.2, 0.25) is 0 Å². The van der Waals surface area contributed by atoms with Crippen molar-refractivity contribution in [2.45, 2.75) is 26.3 Å². The Hall–Kier alpha value is -1.50. The molecule has 7 nitrogen and oxygen atoms in total. The predicted octanol–water partition coefficient (Wildman–Crippen LogP) is -0.802. The van der Waals surface area contributed by atoms with E-state index in [-0.39, 0.29) is 19.1 Å². The molecule has 1 unspecified atom stereocenters. The van der Waals surface area contributed by atoms with Crippen molar-refractivity contribution in [2.24, 2.45) is 5.92 Å². The largest absolute Gasteiger partial charge is 0.396 e. The lowest BCUT2D eigenvalue weighted by Gasteiger charge is -2.13. The molecule has 0 spiro atoms. The molecule has 1 aromatic heterocycles. The molecule has 1 heterocycles. The molecule has 0 aliphatic rings. The molecule has 1 rings (SSSR count). The Bertz CT molecular complexity index is 301. The van der Waals surface area contributed by atoms with Crippen LogP contribution in [0.25, 0.3) is 0 Å². The van der Waals surface area contributed by atoms with E-state index in [0.717, 1.165) is 6.42 Å². The van der Waals surface area contributed by atoms with Gasteiger partial charge in [-0.3, -0.25) is 4.79 Å². The van der Waals surface area contributed by atoms with E-state index in [0.29, 0.717) is 18.9 Å². The fourth-order valence-corrected chi connectivity index (χ4v) is 1.35. The fourth-order valence-electron chi connectivity index (χ4n) is 1.35. The number of carbonyl (C=O) groups excluding carboxylic acids is 1. The second-order valence-electron chi connectivity index (χ2n) is 3.60. The number of carbonyl (C=O) groups is 1. The molecular weight excluding hydrogens is 210 g/mol. The summed E-state index contributed by atoms with van der Waals surface area (Å²) in [6.45, 7) is 2.90. The number of hydrogen-bond donors (Lipinski definition) is 2. The highest BCUT2D eigenvalue weighted by Crippen LogP contribution is 2.05. The van der Waals surface area contributed by atoms with Crippen molar-refractivity contribution in [2.75, 3.05) is 13.2 Å². The molecule has 1 amide bonds. The Labute approximate surface area is 93.8 Å². The summed E-state index contributed by atoms with van der Waals surface area (Å²) in [4.78, 5) is 11.4. The van der Waals surface area contributed by atoms with E-state index in [9.17, 15) is 4.79 Å². The maximum absolute atomic E-state index is 11.4. The summed E-state index contributed by atoms with van der Waals surface area (Å²) in [7, 11) is 0. The SMILES string of the molecule is CCC(CCO)CNC(=O)Cn1cnnn1. The normalized spacial score (nSPS) is 12.4. The van der Waals surface area contributed by atoms with Gasteiger partial charge in [0.1, 0.15) is 12.9 Å². The summed E-state index contributed by atoms with van der Waals surface area (Å²) in [6, 6.07) is 0. The summed E-state index contributed by atoms with van der Waals surface area (Å²) in [6.07, 6.45) is 3.04. The van der Waals surface area contributed by atoms with Gasteiger partial charge in [0.05, 0.1) is 0 Å².